The number of aryl methyl sites for hydroxylation is 1. The number of fused-ring (bicyclic) bond motifs is 1. The minimum atomic E-state index is -3.55. The van der Waals surface area contributed by atoms with E-state index in [0.29, 0.717) is 12.2 Å². The van der Waals surface area contributed by atoms with Gasteiger partial charge in [-0.15, -0.1) is 0 Å². The molecule has 0 fully saturated rings. The van der Waals surface area contributed by atoms with Gasteiger partial charge in [0.25, 0.3) is 5.91 Å². The molecule has 0 unspecified atom stereocenters. The summed E-state index contributed by atoms with van der Waals surface area (Å²) in [4.78, 5) is 12.5. The summed E-state index contributed by atoms with van der Waals surface area (Å²) in [6.07, 6.45) is 3.71. The molecule has 29 heavy (non-hydrogen) atoms. The van der Waals surface area contributed by atoms with Crippen molar-refractivity contribution < 1.29 is 17.9 Å². The fraction of sp³-hybridized carbons (Fsp3) is 0.409. The van der Waals surface area contributed by atoms with Crippen molar-refractivity contribution >= 4 is 15.9 Å². The molecule has 2 aromatic rings. The highest BCUT2D eigenvalue weighted by molar-refractivity contribution is 7.89. The van der Waals surface area contributed by atoms with Gasteiger partial charge in [-0.1, -0.05) is 31.2 Å². The minimum Gasteiger partial charge on any atom is -0.484 e. The van der Waals surface area contributed by atoms with Gasteiger partial charge in [0.05, 0.1) is 10.9 Å². The van der Waals surface area contributed by atoms with E-state index in [1.807, 2.05) is 26.0 Å². The summed E-state index contributed by atoms with van der Waals surface area (Å²) in [6.45, 7) is 3.62. The second-order valence-electron chi connectivity index (χ2n) is 7.40. The van der Waals surface area contributed by atoms with E-state index in [1.54, 1.807) is 12.1 Å². The zero-order valence-corrected chi connectivity index (χ0v) is 17.7. The predicted octanol–water partition coefficient (Wildman–Crippen LogP) is 3.34. The average Bonchev–Trinajstić information content (AvgIpc) is 2.72. The van der Waals surface area contributed by atoms with Crippen LogP contribution in [0.15, 0.2) is 53.4 Å². The largest absolute Gasteiger partial charge is 0.484 e. The smallest absolute Gasteiger partial charge is 0.258 e. The number of carbonyl (C=O) groups is 1. The molecule has 0 spiro atoms. The molecule has 0 saturated carbocycles. The number of amides is 1. The van der Waals surface area contributed by atoms with Gasteiger partial charge in [0, 0.05) is 6.04 Å². The highest BCUT2D eigenvalue weighted by Gasteiger charge is 2.21. The van der Waals surface area contributed by atoms with Crippen molar-refractivity contribution in [2.45, 2.75) is 56.5 Å². The molecule has 0 saturated heterocycles. The minimum absolute atomic E-state index is 0.00944. The molecular formula is C22H28N2O4S. The number of carbonyl (C=O) groups excluding carboxylic acids is 1. The summed E-state index contributed by atoms with van der Waals surface area (Å²) >= 11 is 0. The van der Waals surface area contributed by atoms with Gasteiger partial charge in [-0.25, -0.2) is 13.1 Å². The maximum atomic E-state index is 12.3. The third-order valence-electron chi connectivity index (χ3n) is 5.18. The average molecular weight is 417 g/mol. The Bertz CT molecular complexity index is 942. The highest BCUT2D eigenvalue weighted by atomic mass is 32.2. The van der Waals surface area contributed by atoms with Crippen molar-refractivity contribution in [3.63, 3.8) is 0 Å². The number of hydrogen-bond donors (Lipinski definition) is 2. The van der Waals surface area contributed by atoms with Gasteiger partial charge in [-0.05, 0) is 68.0 Å². The first-order chi connectivity index (χ1) is 13.9. The number of hydrogen-bond acceptors (Lipinski definition) is 4. The molecule has 0 radical (unpaired) electrons. The first-order valence-corrected chi connectivity index (χ1v) is 11.5. The lowest BCUT2D eigenvalue weighted by Crippen LogP contribution is -2.34. The lowest BCUT2D eigenvalue weighted by atomic mass is 9.88. The SMILES string of the molecule is CC[C@@H](C)NS(=O)(=O)c1ccc(OCC(=O)N[C@@H]2CCCc3ccccc32)cc1. The van der Waals surface area contributed by atoms with Crippen LogP contribution in [0.5, 0.6) is 5.75 Å². The molecule has 1 aliphatic carbocycles. The van der Waals surface area contributed by atoms with Crippen molar-refractivity contribution in [2.75, 3.05) is 6.61 Å². The van der Waals surface area contributed by atoms with Crippen molar-refractivity contribution in [3.8, 4) is 5.75 Å². The summed E-state index contributed by atoms with van der Waals surface area (Å²) in [5.41, 5.74) is 2.46. The number of sulfonamides is 1. The Morgan fingerprint density at radius 2 is 1.90 bits per heavy atom. The fourth-order valence-electron chi connectivity index (χ4n) is 3.42. The Morgan fingerprint density at radius 3 is 2.62 bits per heavy atom. The van der Waals surface area contributed by atoms with Crippen LogP contribution in [0.25, 0.3) is 0 Å². The van der Waals surface area contributed by atoms with Crippen molar-refractivity contribution in [1.82, 2.24) is 10.0 Å². The highest BCUT2D eigenvalue weighted by Crippen LogP contribution is 2.29. The van der Waals surface area contributed by atoms with E-state index in [9.17, 15) is 13.2 Å². The van der Waals surface area contributed by atoms with E-state index in [0.717, 1.165) is 19.3 Å². The lowest BCUT2D eigenvalue weighted by Gasteiger charge is -2.26. The van der Waals surface area contributed by atoms with Gasteiger partial charge in [0.15, 0.2) is 6.61 Å². The normalized spacial score (nSPS) is 17.2. The van der Waals surface area contributed by atoms with E-state index in [1.165, 1.54) is 23.3 Å². The van der Waals surface area contributed by atoms with Gasteiger partial charge in [-0.2, -0.15) is 0 Å². The Morgan fingerprint density at radius 1 is 1.17 bits per heavy atom. The quantitative estimate of drug-likeness (QED) is 0.691. The van der Waals surface area contributed by atoms with Gasteiger partial charge in [0.2, 0.25) is 10.0 Å². The van der Waals surface area contributed by atoms with Crippen LogP contribution < -0.4 is 14.8 Å². The molecule has 3 rings (SSSR count). The zero-order valence-electron chi connectivity index (χ0n) is 16.9. The van der Waals surface area contributed by atoms with Crippen LogP contribution in [0.4, 0.5) is 0 Å². The van der Waals surface area contributed by atoms with Crippen LogP contribution in [0, 0.1) is 0 Å². The summed E-state index contributed by atoms with van der Waals surface area (Å²) in [6, 6.07) is 14.1. The standard InChI is InChI=1S/C22H28N2O4S/c1-3-16(2)24-29(26,27)19-13-11-18(12-14-19)28-15-22(25)23-21-10-6-8-17-7-4-5-9-20(17)21/h4-5,7,9,11-14,16,21,24H,3,6,8,10,15H2,1-2H3,(H,23,25)/t16-,21-/m1/s1. The summed E-state index contributed by atoms with van der Waals surface area (Å²) in [7, 11) is -3.55. The fourth-order valence-corrected chi connectivity index (χ4v) is 4.75. The molecule has 1 aliphatic rings. The third-order valence-corrected chi connectivity index (χ3v) is 6.78. The van der Waals surface area contributed by atoms with Crippen LogP contribution in [0.2, 0.25) is 0 Å². The molecule has 2 N–H and O–H groups in total. The van der Waals surface area contributed by atoms with Gasteiger partial charge in [-0.3, -0.25) is 4.79 Å². The topological polar surface area (TPSA) is 84.5 Å². The van der Waals surface area contributed by atoms with Crippen molar-refractivity contribution in [1.29, 1.82) is 0 Å². The molecule has 2 aromatic carbocycles. The maximum absolute atomic E-state index is 12.3. The van der Waals surface area contributed by atoms with Crippen LogP contribution >= 0.6 is 0 Å². The number of nitrogens with one attached hydrogen (secondary N) is 2. The molecule has 0 heterocycles. The van der Waals surface area contributed by atoms with Crippen molar-refractivity contribution in [2.24, 2.45) is 0 Å². The molecule has 156 valence electrons. The van der Waals surface area contributed by atoms with Crippen LogP contribution in [-0.4, -0.2) is 27.0 Å². The van der Waals surface area contributed by atoms with Crippen LogP contribution in [0.3, 0.4) is 0 Å². The number of ether oxygens (including phenoxy) is 1. The maximum Gasteiger partial charge on any atom is 0.258 e. The van der Waals surface area contributed by atoms with Crippen LogP contribution in [0.1, 0.15) is 50.3 Å². The Balaban J connectivity index is 1.55. The first kappa shape index (κ1) is 21.3. The van der Waals surface area contributed by atoms with Gasteiger partial charge >= 0.3 is 0 Å². The molecule has 0 aliphatic heterocycles. The van der Waals surface area contributed by atoms with Gasteiger partial charge < -0.3 is 10.1 Å². The molecule has 6 nitrogen and oxygen atoms in total. The third kappa shape index (κ3) is 5.58. The Labute approximate surface area is 172 Å². The molecular weight excluding hydrogens is 388 g/mol. The monoisotopic (exact) mass is 416 g/mol. The summed E-state index contributed by atoms with van der Waals surface area (Å²) < 4.78 is 32.7. The molecule has 2 atom stereocenters. The molecule has 1 amide bonds. The summed E-state index contributed by atoms with van der Waals surface area (Å²) in [5.74, 6) is 0.258. The van der Waals surface area contributed by atoms with E-state index in [2.05, 4.69) is 22.2 Å². The first-order valence-electron chi connectivity index (χ1n) is 10.0. The second kappa shape index (κ2) is 9.41. The van der Waals surface area contributed by atoms with Crippen LogP contribution in [-0.2, 0) is 21.2 Å². The molecule has 0 aromatic heterocycles. The van der Waals surface area contributed by atoms with E-state index in [4.69, 9.17) is 4.74 Å². The number of rotatable bonds is 8. The van der Waals surface area contributed by atoms with E-state index in [-0.39, 0.29) is 29.5 Å². The second-order valence-corrected chi connectivity index (χ2v) is 9.12. The lowest BCUT2D eigenvalue weighted by molar-refractivity contribution is -0.124. The zero-order chi connectivity index (χ0) is 20.9. The van der Waals surface area contributed by atoms with E-state index < -0.39 is 10.0 Å². The van der Waals surface area contributed by atoms with E-state index >= 15 is 0 Å². The number of benzene rings is 2. The van der Waals surface area contributed by atoms with Gasteiger partial charge in [0.1, 0.15) is 5.75 Å². The molecule has 0 bridgehead atoms. The predicted molar refractivity (Wildman–Crippen MR) is 112 cm³/mol. The Kier molecular flexibility index (Phi) is 6.92. The van der Waals surface area contributed by atoms with Crippen molar-refractivity contribution in [3.05, 3.63) is 59.7 Å². The molecule has 7 heteroatoms. The summed E-state index contributed by atoms with van der Waals surface area (Å²) in [5, 5.41) is 3.04. The Hall–Kier alpha value is -2.38.